The monoisotopic (exact) mass is 249 g/mol. The fourth-order valence-electron chi connectivity index (χ4n) is 2.06. The standard InChI is InChI=1S/C15H23NO2/c1-5-15(6-2,14(17)18)16-10-13-8-7-11(3)12(4)9-13/h7-9,16H,5-6,10H2,1-4H3,(H,17,18). The van der Waals surface area contributed by atoms with E-state index in [0.717, 1.165) is 5.56 Å². The molecule has 3 heteroatoms. The molecule has 0 bridgehead atoms. The zero-order valence-corrected chi connectivity index (χ0v) is 11.7. The molecule has 0 unspecified atom stereocenters. The largest absolute Gasteiger partial charge is 0.480 e. The van der Waals surface area contributed by atoms with Crippen molar-refractivity contribution in [3.05, 3.63) is 34.9 Å². The first-order chi connectivity index (χ1) is 8.45. The van der Waals surface area contributed by atoms with E-state index in [-0.39, 0.29) is 0 Å². The molecule has 3 nitrogen and oxygen atoms in total. The highest BCUT2D eigenvalue weighted by Gasteiger charge is 2.33. The van der Waals surface area contributed by atoms with Crippen molar-refractivity contribution in [2.24, 2.45) is 0 Å². The van der Waals surface area contributed by atoms with Crippen LogP contribution in [0.4, 0.5) is 0 Å². The van der Waals surface area contributed by atoms with Gasteiger partial charge in [-0.3, -0.25) is 10.1 Å². The fraction of sp³-hybridized carbons (Fsp3) is 0.533. The molecular formula is C15H23NO2. The van der Waals surface area contributed by atoms with Gasteiger partial charge in [-0.1, -0.05) is 32.0 Å². The number of benzene rings is 1. The van der Waals surface area contributed by atoms with E-state index in [1.165, 1.54) is 11.1 Å². The minimum Gasteiger partial charge on any atom is -0.480 e. The predicted octanol–water partition coefficient (Wildman–Crippen LogP) is 3.04. The lowest BCUT2D eigenvalue weighted by molar-refractivity contribution is -0.145. The molecule has 100 valence electrons. The number of aliphatic carboxylic acids is 1. The lowest BCUT2D eigenvalue weighted by atomic mass is 9.92. The number of hydrogen-bond acceptors (Lipinski definition) is 2. The summed E-state index contributed by atoms with van der Waals surface area (Å²) in [5, 5.41) is 12.5. The van der Waals surface area contributed by atoms with Gasteiger partial charge < -0.3 is 5.11 Å². The Labute approximate surface area is 109 Å². The van der Waals surface area contributed by atoms with Crippen LogP contribution in [0.3, 0.4) is 0 Å². The Morgan fingerprint density at radius 3 is 2.28 bits per heavy atom. The maximum absolute atomic E-state index is 11.4. The van der Waals surface area contributed by atoms with Crippen molar-refractivity contribution in [1.82, 2.24) is 5.32 Å². The van der Waals surface area contributed by atoms with Crippen LogP contribution in [-0.2, 0) is 11.3 Å². The predicted molar refractivity (Wildman–Crippen MR) is 73.7 cm³/mol. The van der Waals surface area contributed by atoms with Crippen molar-refractivity contribution in [3.8, 4) is 0 Å². The maximum atomic E-state index is 11.4. The summed E-state index contributed by atoms with van der Waals surface area (Å²) in [7, 11) is 0. The summed E-state index contributed by atoms with van der Waals surface area (Å²) in [6.07, 6.45) is 1.17. The van der Waals surface area contributed by atoms with Gasteiger partial charge in [-0.25, -0.2) is 0 Å². The molecule has 0 heterocycles. The summed E-state index contributed by atoms with van der Waals surface area (Å²) in [6, 6.07) is 6.24. The fourth-order valence-corrected chi connectivity index (χ4v) is 2.06. The van der Waals surface area contributed by atoms with E-state index in [9.17, 15) is 9.90 Å². The van der Waals surface area contributed by atoms with Crippen LogP contribution in [0.2, 0.25) is 0 Å². The first-order valence-corrected chi connectivity index (χ1v) is 6.49. The van der Waals surface area contributed by atoms with Crippen LogP contribution in [0, 0.1) is 13.8 Å². The van der Waals surface area contributed by atoms with E-state index in [1.807, 2.05) is 19.9 Å². The van der Waals surface area contributed by atoms with Gasteiger partial charge in [0.1, 0.15) is 5.54 Å². The Kier molecular flexibility index (Phi) is 4.91. The highest BCUT2D eigenvalue weighted by molar-refractivity contribution is 5.78. The number of nitrogens with one attached hydrogen (secondary N) is 1. The topological polar surface area (TPSA) is 49.3 Å². The first kappa shape index (κ1) is 14.7. The molecule has 18 heavy (non-hydrogen) atoms. The minimum atomic E-state index is -0.807. The van der Waals surface area contributed by atoms with Crippen LogP contribution in [-0.4, -0.2) is 16.6 Å². The summed E-state index contributed by atoms with van der Waals surface area (Å²) >= 11 is 0. The van der Waals surface area contributed by atoms with Crippen LogP contribution < -0.4 is 5.32 Å². The van der Waals surface area contributed by atoms with Crippen LogP contribution in [0.1, 0.15) is 43.4 Å². The Hall–Kier alpha value is -1.35. The molecule has 0 fully saturated rings. The number of rotatable bonds is 6. The molecule has 0 aliphatic carbocycles. The summed E-state index contributed by atoms with van der Waals surface area (Å²) in [4.78, 5) is 11.4. The van der Waals surface area contributed by atoms with Crippen LogP contribution in [0.15, 0.2) is 18.2 Å². The van der Waals surface area contributed by atoms with Gasteiger partial charge in [0.2, 0.25) is 0 Å². The molecule has 1 rings (SSSR count). The van der Waals surface area contributed by atoms with Crippen LogP contribution in [0.5, 0.6) is 0 Å². The summed E-state index contributed by atoms with van der Waals surface area (Å²) in [5.74, 6) is -0.767. The van der Waals surface area contributed by atoms with Gasteiger partial charge in [-0.2, -0.15) is 0 Å². The molecule has 0 aliphatic rings. The molecular weight excluding hydrogens is 226 g/mol. The molecule has 0 spiro atoms. The Morgan fingerprint density at radius 2 is 1.83 bits per heavy atom. The zero-order valence-electron chi connectivity index (χ0n) is 11.7. The maximum Gasteiger partial charge on any atom is 0.323 e. The molecule has 0 atom stereocenters. The van der Waals surface area contributed by atoms with Crippen molar-refractivity contribution in [1.29, 1.82) is 0 Å². The number of hydrogen-bond donors (Lipinski definition) is 2. The lowest BCUT2D eigenvalue weighted by Gasteiger charge is -2.28. The third-order valence-corrected chi connectivity index (χ3v) is 3.82. The molecule has 0 amide bonds. The lowest BCUT2D eigenvalue weighted by Crippen LogP contribution is -2.50. The number of carboxylic acid groups (broad SMARTS) is 1. The highest BCUT2D eigenvalue weighted by atomic mass is 16.4. The van der Waals surface area contributed by atoms with Gasteiger partial charge in [0.25, 0.3) is 0 Å². The second-order valence-corrected chi connectivity index (χ2v) is 4.87. The number of carboxylic acids is 1. The Balaban J connectivity index is 2.79. The van der Waals surface area contributed by atoms with Crippen molar-refractivity contribution < 1.29 is 9.90 Å². The van der Waals surface area contributed by atoms with Gasteiger partial charge >= 0.3 is 5.97 Å². The SMILES string of the molecule is CCC(CC)(NCc1ccc(C)c(C)c1)C(=O)O. The molecule has 0 saturated carbocycles. The van der Waals surface area contributed by atoms with Gasteiger partial charge in [0.15, 0.2) is 0 Å². The highest BCUT2D eigenvalue weighted by Crippen LogP contribution is 2.17. The zero-order chi connectivity index (χ0) is 13.8. The number of aryl methyl sites for hydroxylation is 2. The third-order valence-electron chi connectivity index (χ3n) is 3.82. The second kappa shape index (κ2) is 6.01. The van der Waals surface area contributed by atoms with Gasteiger partial charge in [-0.15, -0.1) is 0 Å². The van der Waals surface area contributed by atoms with Gasteiger partial charge in [0, 0.05) is 6.54 Å². The minimum absolute atomic E-state index is 0.587. The number of carbonyl (C=O) groups is 1. The molecule has 1 aromatic rings. The van der Waals surface area contributed by atoms with Crippen LogP contribution >= 0.6 is 0 Å². The van der Waals surface area contributed by atoms with Gasteiger partial charge in [-0.05, 0) is 43.4 Å². The first-order valence-electron chi connectivity index (χ1n) is 6.49. The Morgan fingerprint density at radius 1 is 1.22 bits per heavy atom. The molecule has 0 aromatic heterocycles. The van der Waals surface area contributed by atoms with E-state index in [1.54, 1.807) is 0 Å². The molecule has 1 aromatic carbocycles. The molecule has 2 N–H and O–H groups in total. The normalized spacial score (nSPS) is 11.6. The summed E-state index contributed by atoms with van der Waals surface area (Å²) in [5.41, 5.74) is 2.82. The van der Waals surface area contributed by atoms with Crippen molar-refractivity contribution in [2.75, 3.05) is 0 Å². The average molecular weight is 249 g/mol. The van der Waals surface area contributed by atoms with Crippen molar-refractivity contribution in [2.45, 2.75) is 52.6 Å². The van der Waals surface area contributed by atoms with E-state index >= 15 is 0 Å². The average Bonchev–Trinajstić information content (AvgIpc) is 2.35. The quantitative estimate of drug-likeness (QED) is 0.814. The second-order valence-electron chi connectivity index (χ2n) is 4.87. The van der Waals surface area contributed by atoms with Crippen LogP contribution in [0.25, 0.3) is 0 Å². The van der Waals surface area contributed by atoms with E-state index in [0.29, 0.717) is 19.4 Å². The molecule has 0 radical (unpaired) electrons. The van der Waals surface area contributed by atoms with Crippen molar-refractivity contribution >= 4 is 5.97 Å². The van der Waals surface area contributed by atoms with E-state index < -0.39 is 11.5 Å². The Bertz CT molecular complexity index is 423. The summed E-state index contributed by atoms with van der Waals surface area (Å²) in [6.45, 7) is 8.56. The smallest absolute Gasteiger partial charge is 0.323 e. The molecule has 0 aliphatic heterocycles. The van der Waals surface area contributed by atoms with E-state index in [2.05, 4.69) is 31.3 Å². The van der Waals surface area contributed by atoms with E-state index in [4.69, 9.17) is 0 Å². The molecule has 0 saturated heterocycles. The van der Waals surface area contributed by atoms with Crippen molar-refractivity contribution in [3.63, 3.8) is 0 Å². The van der Waals surface area contributed by atoms with Gasteiger partial charge in [0.05, 0.1) is 0 Å². The third kappa shape index (κ3) is 3.10. The summed E-state index contributed by atoms with van der Waals surface area (Å²) < 4.78 is 0.